The molecule has 1 aromatic carbocycles. The van der Waals surface area contributed by atoms with E-state index in [1.165, 1.54) is 5.56 Å². The normalized spacial score (nSPS) is 17.0. The van der Waals surface area contributed by atoms with Crippen molar-refractivity contribution >= 4 is 0 Å². The average Bonchev–Trinajstić information content (AvgIpc) is 2.40. The van der Waals surface area contributed by atoms with Gasteiger partial charge in [-0.2, -0.15) is 5.26 Å². The molecular formula is C14H18N2O. The Kier molecular flexibility index (Phi) is 4.13. The van der Waals surface area contributed by atoms with Gasteiger partial charge in [0.1, 0.15) is 0 Å². The second-order valence-electron chi connectivity index (χ2n) is 4.57. The van der Waals surface area contributed by atoms with Crippen LogP contribution in [0.5, 0.6) is 0 Å². The van der Waals surface area contributed by atoms with Crippen LogP contribution in [0.2, 0.25) is 0 Å². The van der Waals surface area contributed by atoms with Crippen LogP contribution in [0.15, 0.2) is 24.3 Å². The maximum Gasteiger partial charge on any atom is 0.0991 e. The van der Waals surface area contributed by atoms with Gasteiger partial charge in [0.2, 0.25) is 0 Å². The Balaban J connectivity index is 1.92. The van der Waals surface area contributed by atoms with Gasteiger partial charge in [-0.3, -0.25) is 4.90 Å². The quantitative estimate of drug-likeness (QED) is 0.798. The largest absolute Gasteiger partial charge is 0.381 e. The zero-order valence-electron chi connectivity index (χ0n) is 10.2. The van der Waals surface area contributed by atoms with Crippen LogP contribution in [0, 0.1) is 11.3 Å². The van der Waals surface area contributed by atoms with E-state index in [-0.39, 0.29) is 0 Å². The molecule has 0 amide bonds. The molecule has 0 N–H and O–H groups in total. The van der Waals surface area contributed by atoms with Gasteiger partial charge in [-0.05, 0) is 37.6 Å². The molecule has 0 atom stereocenters. The van der Waals surface area contributed by atoms with Crippen LogP contribution in [0.1, 0.15) is 24.0 Å². The highest BCUT2D eigenvalue weighted by atomic mass is 16.5. The van der Waals surface area contributed by atoms with Crippen molar-refractivity contribution in [3.63, 3.8) is 0 Å². The lowest BCUT2D eigenvalue weighted by molar-refractivity contribution is 0.0407. The molecule has 0 saturated carbocycles. The van der Waals surface area contributed by atoms with Gasteiger partial charge >= 0.3 is 0 Å². The summed E-state index contributed by atoms with van der Waals surface area (Å²) in [6.45, 7) is 2.70. The van der Waals surface area contributed by atoms with Gasteiger partial charge < -0.3 is 4.74 Å². The second-order valence-corrected chi connectivity index (χ2v) is 4.57. The third kappa shape index (κ3) is 3.29. The Morgan fingerprint density at radius 2 is 1.94 bits per heavy atom. The Labute approximate surface area is 103 Å². The van der Waals surface area contributed by atoms with E-state index in [1.54, 1.807) is 0 Å². The van der Waals surface area contributed by atoms with E-state index in [9.17, 15) is 0 Å². The fourth-order valence-electron chi connectivity index (χ4n) is 2.23. The number of hydrogen-bond donors (Lipinski definition) is 0. The van der Waals surface area contributed by atoms with E-state index in [0.29, 0.717) is 6.04 Å². The lowest BCUT2D eigenvalue weighted by Gasteiger charge is -2.31. The van der Waals surface area contributed by atoms with Gasteiger partial charge in [0, 0.05) is 25.8 Å². The first-order valence-electron chi connectivity index (χ1n) is 6.06. The topological polar surface area (TPSA) is 36.3 Å². The minimum Gasteiger partial charge on any atom is -0.381 e. The van der Waals surface area contributed by atoms with Crippen LogP contribution in [0.4, 0.5) is 0 Å². The number of ether oxygens (including phenoxy) is 1. The van der Waals surface area contributed by atoms with Crippen LogP contribution >= 0.6 is 0 Å². The Morgan fingerprint density at radius 3 is 2.53 bits per heavy atom. The smallest absolute Gasteiger partial charge is 0.0991 e. The van der Waals surface area contributed by atoms with E-state index < -0.39 is 0 Å². The van der Waals surface area contributed by atoms with E-state index in [4.69, 9.17) is 10.00 Å². The van der Waals surface area contributed by atoms with Gasteiger partial charge in [-0.1, -0.05) is 12.1 Å². The Hall–Kier alpha value is -1.37. The molecule has 90 valence electrons. The minimum atomic E-state index is 0.624. The van der Waals surface area contributed by atoms with Gasteiger partial charge in [-0.25, -0.2) is 0 Å². The maximum atomic E-state index is 8.74. The standard InChI is InChI=1S/C14H18N2O/c1-16(14-6-8-17-9-7-14)11-13-4-2-12(10-15)3-5-13/h2-5,14H,6-9,11H2,1H3. The molecule has 17 heavy (non-hydrogen) atoms. The summed E-state index contributed by atoms with van der Waals surface area (Å²) >= 11 is 0. The van der Waals surface area contributed by atoms with Gasteiger partial charge in [0.25, 0.3) is 0 Å². The monoisotopic (exact) mass is 230 g/mol. The highest BCUT2D eigenvalue weighted by Crippen LogP contribution is 2.15. The summed E-state index contributed by atoms with van der Waals surface area (Å²) in [5, 5.41) is 8.74. The van der Waals surface area contributed by atoms with Crippen molar-refractivity contribution in [1.29, 1.82) is 5.26 Å². The van der Waals surface area contributed by atoms with Gasteiger partial charge in [-0.15, -0.1) is 0 Å². The summed E-state index contributed by atoms with van der Waals surface area (Å²) in [7, 11) is 2.16. The highest BCUT2D eigenvalue weighted by molar-refractivity contribution is 5.31. The number of benzene rings is 1. The van der Waals surface area contributed by atoms with Crippen molar-refractivity contribution in [2.24, 2.45) is 0 Å². The molecule has 3 heteroatoms. The van der Waals surface area contributed by atoms with Crippen LogP contribution in [0.3, 0.4) is 0 Å². The zero-order chi connectivity index (χ0) is 12.1. The first-order valence-corrected chi connectivity index (χ1v) is 6.06. The average molecular weight is 230 g/mol. The molecule has 3 nitrogen and oxygen atoms in total. The van der Waals surface area contributed by atoms with Crippen molar-refractivity contribution in [3.8, 4) is 6.07 Å². The summed E-state index contributed by atoms with van der Waals surface area (Å²) in [4.78, 5) is 2.38. The molecule has 0 aromatic heterocycles. The van der Waals surface area contributed by atoms with Crippen molar-refractivity contribution in [1.82, 2.24) is 4.90 Å². The zero-order valence-corrected chi connectivity index (χ0v) is 10.2. The molecule has 0 unspecified atom stereocenters. The molecule has 1 aromatic rings. The lowest BCUT2D eigenvalue weighted by Crippen LogP contribution is -2.36. The summed E-state index contributed by atoms with van der Waals surface area (Å²) in [6.07, 6.45) is 2.24. The predicted octanol–water partition coefficient (Wildman–Crippen LogP) is 2.17. The maximum absolute atomic E-state index is 8.74. The fourth-order valence-corrected chi connectivity index (χ4v) is 2.23. The molecule has 1 saturated heterocycles. The molecule has 1 aliphatic heterocycles. The third-order valence-electron chi connectivity index (χ3n) is 3.33. The van der Waals surface area contributed by atoms with Gasteiger partial charge in [0.15, 0.2) is 0 Å². The lowest BCUT2D eigenvalue weighted by atomic mass is 10.1. The van der Waals surface area contributed by atoms with Crippen molar-refractivity contribution in [2.45, 2.75) is 25.4 Å². The van der Waals surface area contributed by atoms with E-state index in [1.807, 2.05) is 24.3 Å². The van der Waals surface area contributed by atoms with Gasteiger partial charge in [0.05, 0.1) is 11.6 Å². The number of hydrogen-bond acceptors (Lipinski definition) is 3. The molecule has 0 aliphatic carbocycles. The van der Waals surface area contributed by atoms with Crippen LogP contribution in [-0.2, 0) is 11.3 Å². The number of nitriles is 1. The summed E-state index contributed by atoms with van der Waals surface area (Å²) in [6, 6.07) is 10.6. The minimum absolute atomic E-state index is 0.624. The van der Waals surface area contributed by atoms with E-state index >= 15 is 0 Å². The molecule has 0 bridgehead atoms. The second kappa shape index (κ2) is 5.81. The molecule has 2 rings (SSSR count). The molecule has 1 heterocycles. The van der Waals surface area contributed by atoms with E-state index in [2.05, 4.69) is 18.0 Å². The first-order chi connectivity index (χ1) is 8.29. The third-order valence-corrected chi connectivity index (χ3v) is 3.33. The number of nitrogens with zero attached hydrogens (tertiary/aromatic N) is 2. The summed E-state index contributed by atoms with van der Waals surface area (Å²) in [5.41, 5.74) is 1.99. The summed E-state index contributed by atoms with van der Waals surface area (Å²) < 4.78 is 5.37. The number of rotatable bonds is 3. The molecule has 0 spiro atoms. The Bertz CT molecular complexity index is 388. The summed E-state index contributed by atoms with van der Waals surface area (Å²) in [5.74, 6) is 0. The molecular weight excluding hydrogens is 212 g/mol. The highest BCUT2D eigenvalue weighted by Gasteiger charge is 2.18. The molecule has 0 radical (unpaired) electrons. The van der Waals surface area contributed by atoms with Crippen molar-refractivity contribution in [2.75, 3.05) is 20.3 Å². The van der Waals surface area contributed by atoms with Crippen LogP contribution < -0.4 is 0 Å². The Morgan fingerprint density at radius 1 is 1.29 bits per heavy atom. The molecule has 1 fully saturated rings. The molecule has 1 aliphatic rings. The van der Waals surface area contributed by atoms with Crippen LogP contribution in [-0.4, -0.2) is 31.2 Å². The fraction of sp³-hybridized carbons (Fsp3) is 0.500. The SMILES string of the molecule is CN(Cc1ccc(C#N)cc1)C1CCOCC1. The predicted molar refractivity (Wildman–Crippen MR) is 66.5 cm³/mol. The van der Waals surface area contributed by atoms with E-state index in [0.717, 1.165) is 38.2 Å². The van der Waals surface area contributed by atoms with Crippen molar-refractivity contribution in [3.05, 3.63) is 35.4 Å². The first kappa shape index (κ1) is 12.1. The van der Waals surface area contributed by atoms with Crippen molar-refractivity contribution < 1.29 is 4.74 Å². The van der Waals surface area contributed by atoms with Crippen LogP contribution in [0.25, 0.3) is 0 Å².